The smallest absolute Gasteiger partial charge is 0.249 e. The number of hydrogen-bond donors (Lipinski definition) is 3. The first-order valence-corrected chi connectivity index (χ1v) is 10.5. The highest BCUT2D eigenvalue weighted by molar-refractivity contribution is 6.08. The molecule has 3 atom stereocenters. The summed E-state index contributed by atoms with van der Waals surface area (Å²) in [6.07, 6.45) is -0.722. The van der Waals surface area contributed by atoms with Crippen LogP contribution in [-0.2, 0) is 9.59 Å². The van der Waals surface area contributed by atoms with Gasteiger partial charge < -0.3 is 19.9 Å². The number of hydrazine groups is 1. The van der Waals surface area contributed by atoms with E-state index >= 15 is 0 Å². The van der Waals surface area contributed by atoms with E-state index in [0.717, 1.165) is 11.1 Å². The maximum Gasteiger partial charge on any atom is 0.249 e. The largest absolute Gasteiger partial charge is 0.504 e. The Morgan fingerprint density at radius 3 is 2.64 bits per heavy atom. The Bertz CT molecular complexity index is 1230. The summed E-state index contributed by atoms with van der Waals surface area (Å²) >= 11 is 0. The maximum atomic E-state index is 13.3. The van der Waals surface area contributed by atoms with E-state index in [4.69, 9.17) is 9.47 Å². The number of ether oxygens (including phenoxy) is 2. The number of fused-ring (bicyclic) bond motifs is 3. The van der Waals surface area contributed by atoms with Gasteiger partial charge in [0.1, 0.15) is 11.7 Å². The van der Waals surface area contributed by atoms with Crippen LogP contribution in [0.3, 0.4) is 0 Å². The number of aromatic hydroxyl groups is 1. The molecule has 0 aliphatic carbocycles. The molecule has 8 nitrogen and oxygen atoms in total. The molecule has 1 fully saturated rings. The summed E-state index contributed by atoms with van der Waals surface area (Å²) in [4.78, 5) is 26.3. The van der Waals surface area contributed by atoms with Gasteiger partial charge in [-0.05, 0) is 43.3 Å². The molecule has 0 aromatic heterocycles. The predicted molar refractivity (Wildman–Crippen MR) is 120 cm³/mol. The van der Waals surface area contributed by atoms with Crippen LogP contribution in [-0.4, -0.2) is 29.0 Å². The van der Waals surface area contributed by atoms with Crippen molar-refractivity contribution in [2.75, 3.05) is 12.4 Å². The first-order chi connectivity index (χ1) is 16.0. The minimum absolute atomic E-state index is 0.00480. The van der Waals surface area contributed by atoms with E-state index in [2.05, 4.69) is 10.7 Å². The topological polar surface area (TPSA) is 100 Å². The molecule has 3 aromatic rings. The minimum Gasteiger partial charge on any atom is -0.504 e. The molecule has 8 heteroatoms. The molecule has 3 aromatic carbocycles. The van der Waals surface area contributed by atoms with Gasteiger partial charge in [0.15, 0.2) is 17.7 Å². The fraction of sp³-hybridized carbons (Fsp3) is 0.200. The van der Waals surface area contributed by atoms with E-state index in [1.165, 1.54) is 13.2 Å². The van der Waals surface area contributed by atoms with Crippen LogP contribution in [0, 0.1) is 12.8 Å². The number of methoxy groups -OCH3 is 1. The second kappa shape index (κ2) is 8.14. The molecule has 2 amide bonds. The average molecular weight is 445 g/mol. The van der Waals surface area contributed by atoms with Crippen molar-refractivity contribution >= 4 is 17.5 Å². The first-order valence-electron chi connectivity index (χ1n) is 10.5. The molecule has 3 N–H and O–H groups in total. The number of anilines is 1. The Kier molecular flexibility index (Phi) is 5.14. The van der Waals surface area contributed by atoms with E-state index in [1.54, 1.807) is 29.3 Å². The van der Waals surface area contributed by atoms with Crippen molar-refractivity contribution in [2.45, 2.75) is 19.2 Å². The third kappa shape index (κ3) is 3.64. The monoisotopic (exact) mass is 445 g/mol. The lowest BCUT2D eigenvalue weighted by atomic mass is 9.90. The molecule has 2 aliphatic heterocycles. The van der Waals surface area contributed by atoms with E-state index < -0.39 is 30.0 Å². The van der Waals surface area contributed by atoms with E-state index in [1.807, 2.05) is 43.3 Å². The molecule has 0 bridgehead atoms. The molecule has 0 radical (unpaired) electrons. The van der Waals surface area contributed by atoms with Crippen molar-refractivity contribution in [2.24, 2.45) is 5.92 Å². The van der Waals surface area contributed by atoms with Crippen LogP contribution in [0.2, 0.25) is 0 Å². The molecule has 3 unspecified atom stereocenters. The van der Waals surface area contributed by atoms with Crippen LogP contribution in [0.25, 0.3) is 0 Å². The van der Waals surface area contributed by atoms with Crippen LogP contribution in [0.15, 0.2) is 66.7 Å². The molecular weight excluding hydrogens is 422 g/mol. The summed E-state index contributed by atoms with van der Waals surface area (Å²) in [7, 11) is 1.46. The highest BCUT2D eigenvalue weighted by Gasteiger charge is 2.52. The Morgan fingerprint density at radius 1 is 1.12 bits per heavy atom. The highest BCUT2D eigenvalue weighted by Crippen LogP contribution is 2.48. The fourth-order valence-electron chi connectivity index (χ4n) is 4.31. The summed E-state index contributed by atoms with van der Waals surface area (Å²) in [5.41, 5.74) is 5.92. The zero-order valence-electron chi connectivity index (χ0n) is 18.1. The number of nitrogens with one attached hydrogen (secondary N) is 2. The van der Waals surface area contributed by atoms with E-state index in [-0.39, 0.29) is 11.5 Å². The van der Waals surface area contributed by atoms with Crippen molar-refractivity contribution in [3.63, 3.8) is 0 Å². The van der Waals surface area contributed by atoms with Gasteiger partial charge in [-0.3, -0.25) is 15.0 Å². The number of carbonyl (C=O) groups excluding carboxylic acids is 2. The second-order valence-electron chi connectivity index (χ2n) is 8.10. The fourth-order valence-corrected chi connectivity index (χ4v) is 4.31. The summed E-state index contributed by atoms with van der Waals surface area (Å²) < 4.78 is 11.5. The molecule has 0 saturated carbocycles. The van der Waals surface area contributed by atoms with Crippen molar-refractivity contribution in [3.05, 3.63) is 83.4 Å². The van der Waals surface area contributed by atoms with Gasteiger partial charge in [0.05, 0.1) is 13.2 Å². The molecule has 1 saturated heterocycles. The van der Waals surface area contributed by atoms with Crippen molar-refractivity contribution in [1.29, 1.82) is 0 Å². The van der Waals surface area contributed by atoms with Gasteiger partial charge >= 0.3 is 0 Å². The lowest BCUT2D eigenvalue weighted by molar-refractivity contribution is -0.130. The molecule has 33 heavy (non-hydrogen) atoms. The molecule has 5 rings (SSSR count). The Balaban J connectivity index is 1.53. The van der Waals surface area contributed by atoms with Gasteiger partial charge in [0.2, 0.25) is 11.8 Å². The van der Waals surface area contributed by atoms with Gasteiger partial charge in [-0.25, -0.2) is 0 Å². The van der Waals surface area contributed by atoms with E-state index in [9.17, 15) is 14.7 Å². The lowest BCUT2D eigenvalue weighted by Gasteiger charge is -2.39. The normalized spacial score (nSPS) is 21.4. The number of carbonyl (C=O) groups is 2. The number of phenolic OH excluding ortho intramolecular Hbond substituents is 1. The van der Waals surface area contributed by atoms with Gasteiger partial charge in [-0.2, -0.15) is 5.01 Å². The SMILES string of the molecule is COc1cc(C2Oc3ccccc3C3C(C(=O)Nc4ccc(C)cc4)C(=O)NN23)ccc1O. The van der Waals surface area contributed by atoms with Gasteiger partial charge in [0.25, 0.3) is 0 Å². The molecular formula is C25H23N3O5. The van der Waals surface area contributed by atoms with Gasteiger partial charge in [0, 0.05) is 16.8 Å². The lowest BCUT2D eigenvalue weighted by Crippen LogP contribution is -2.43. The summed E-state index contributed by atoms with van der Waals surface area (Å²) in [6, 6.07) is 19.0. The summed E-state index contributed by atoms with van der Waals surface area (Å²) in [6.45, 7) is 1.96. The van der Waals surface area contributed by atoms with Gasteiger partial charge in [-0.15, -0.1) is 0 Å². The van der Waals surface area contributed by atoms with E-state index in [0.29, 0.717) is 17.0 Å². The zero-order chi connectivity index (χ0) is 23.1. The first kappa shape index (κ1) is 20.8. The van der Waals surface area contributed by atoms with Crippen molar-refractivity contribution < 1.29 is 24.2 Å². The van der Waals surface area contributed by atoms with Gasteiger partial charge in [-0.1, -0.05) is 35.9 Å². The molecule has 2 heterocycles. The molecule has 2 aliphatic rings. The minimum atomic E-state index is -0.988. The number of para-hydroxylation sites is 1. The Labute approximate surface area is 190 Å². The Morgan fingerprint density at radius 2 is 1.88 bits per heavy atom. The predicted octanol–water partition coefficient (Wildman–Crippen LogP) is 3.44. The highest BCUT2D eigenvalue weighted by atomic mass is 16.5. The van der Waals surface area contributed by atoms with Crippen molar-refractivity contribution in [1.82, 2.24) is 10.4 Å². The summed E-state index contributed by atoms with van der Waals surface area (Å²) in [5, 5.41) is 14.5. The third-order valence-electron chi connectivity index (χ3n) is 5.96. The average Bonchev–Trinajstić information content (AvgIpc) is 3.17. The molecule has 0 spiro atoms. The number of rotatable bonds is 4. The third-order valence-corrected chi connectivity index (χ3v) is 5.96. The number of hydrogen-bond acceptors (Lipinski definition) is 6. The number of aryl methyl sites for hydroxylation is 1. The van der Waals surface area contributed by atoms with Crippen LogP contribution in [0.5, 0.6) is 17.2 Å². The van der Waals surface area contributed by atoms with Crippen LogP contribution >= 0.6 is 0 Å². The Hall–Kier alpha value is -4.04. The standard InChI is InChI=1S/C25H23N3O5/c1-14-7-10-16(11-8-14)26-23(30)21-22-17-5-3-4-6-19(17)33-25(28(22)27-24(21)31)15-9-12-18(29)20(13-15)32-2/h3-13,21-22,25,29H,1-2H3,(H,26,30)(H,27,31). The number of amides is 2. The molecule has 168 valence electrons. The summed E-state index contributed by atoms with van der Waals surface area (Å²) in [5.74, 6) is -0.943. The second-order valence-corrected chi connectivity index (χ2v) is 8.10. The van der Waals surface area contributed by atoms with Crippen molar-refractivity contribution in [3.8, 4) is 17.2 Å². The van der Waals surface area contributed by atoms with Crippen LogP contribution in [0.4, 0.5) is 5.69 Å². The quantitative estimate of drug-likeness (QED) is 0.532. The van der Waals surface area contributed by atoms with Crippen LogP contribution < -0.4 is 20.2 Å². The maximum absolute atomic E-state index is 13.3. The number of benzene rings is 3. The number of nitrogens with zero attached hydrogens (tertiary/aromatic N) is 1. The number of phenols is 1. The van der Waals surface area contributed by atoms with Crippen LogP contribution in [0.1, 0.15) is 29.0 Å². The zero-order valence-corrected chi connectivity index (χ0v) is 18.1.